The lowest BCUT2D eigenvalue weighted by Crippen LogP contribution is -2.41. The van der Waals surface area contributed by atoms with Gasteiger partial charge in [0.1, 0.15) is 6.61 Å². The summed E-state index contributed by atoms with van der Waals surface area (Å²) in [5, 5.41) is 2.93. The molecule has 0 fully saturated rings. The standard InChI is InChI=1S/C11H23NO2S/c1-5-11(6-2,15-4)9-12-10(13)8-14-7-3/h5-9H2,1-4H3,(H,12,13). The zero-order valence-corrected chi connectivity index (χ0v) is 11.1. The van der Waals surface area contributed by atoms with Crippen molar-refractivity contribution in [1.29, 1.82) is 0 Å². The van der Waals surface area contributed by atoms with Gasteiger partial charge in [-0.2, -0.15) is 11.8 Å². The van der Waals surface area contributed by atoms with Gasteiger partial charge in [0.25, 0.3) is 0 Å². The number of carbonyl (C=O) groups excluding carboxylic acids is 1. The topological polar surface area (TPSA) is 38.3 Å². The van der Waals surface area contributed by atoms with Gasteiger partial charge in [0.15, 0.2) is 0 Å². The van der Waals surface area contributed by atoms with Crippen LogP contribution in [0.3, 0.4) is 0 Å². The molecule has 0 aromatic carbocycles. The minimum Gasteiger partial charge on any atom is -0.372 e. The molecule has 0 radical (unpaired) electrons. The van der Waals surface area contributed by atoms with Gasteiger partial charge >= 0.3 is 0 Å². The van der Waals surface area contributed by atoms with Crippen LogP contribution in [0.1, 0.15) is 33.6 Å². The molecule has 0 bridgehead atoms. The van der Waals surface area contributed by atoms with Gasteiger partial charge in [0.2, 0.25) is 5.91 Å². The molecule has 0 rings (SSSR count). The summed E-state index contributed by atoms with van der Waals surface area (Å²) in [6.45, 7) is 7.70. The molecular formula is C11H23NO2S. The first-order chi connectivity index (χ1) is 7.14. The van der Waals surface area contributed by atoms with Crippen molar-refractivity contribution in [2.75, 3.05) is 26.0 Å². The zero-order chi connectivity index (χ0) is 11.7. The van der Waals surface area contributed by atoms with Crippen molar-refractivity contribution < 1.29 is 9.53 Å². The molecule has 0 aromatic heterocycles. The van der Waals surface area contributed by atoms with Crippen LogP contribution in [0.15, 0.2) is 0 Å². The Morgan fingerprint density at radius 3 is 2.33 bits per heavy atom. The van der Waals surface area contributed by atoms with Crippen LogP contribution in [0.25, 0.3) is 0 Å². The van der Waals surface area contributed by atoms with Crippen molar-refractivity contribution in [2.24, 2.45) is 0 Å². The molecule has 0 atom stereocenters. The minimum atomic E-state index is -0.0165. The number of rotatable bonds is 8. The van der Waals surface area contributed by atoms with E-state index in [-0.39, 0.29) is 17.3 Å². The SMILES string of the molecule is CCOCC(=O)NCC(CC)(CC)SC. The average Bonchev–Trinajstić information content (AvgIpc) is 2.29. The third-order valence-corrected chi connectivity index (χ3v) is 4.35. The van der Waals surface area contributed by atoms with Gasteiger partial charge in [-0.3, -0.25) is 4.79 Å². The Kier molecular flexibility index (Phi) is 7.88. The number of carbonyl (C=O) groups is 1. The van der Waals surface area contributed by atoms with E-state index >= 15 is 0 Å². The fourth-order valence-corrected chi connectivity index (χ4v) is 2.16. The van der Waals surface area contributed by atoms with Crippen molar-refractivity contribution in [3.8, 4) is 0 Å². The molecule has 4 heteroatoms. The van der Waals surface area contributed by atoms with E-state index in [2.05, 4.69) is 25.4 Å². The zero-order valence-electron chi connectivity index (χ0n) is 10.3. The minimum absolute atomic E-state index is 0.0165. The first-order valence-electron chi connectivity index (χ1n) is 5.53. The van der Waals surface area contributed by atoms with Crippen LogP contribution in [0.4, 0.5) is 0 Å². The molecule has 15 heavy (non-hydrogen) atoms. The van der Waals surface area contributed by atoms with Crippen molar-refractivity contribution in [1.82, 2.24) is 5.32 Å². The molecule has 0 aliphatic carbocycles. The molecule has 0 spiro atoms. The van der Waals surface area contributed by atoms with Crippen LogP contribution < -0.4 is 5.32 Å². The lowest BCUT2D eigenvalue weighted by molar-refractivity contribution is -0.125. The summed E-state index contributed by atoms with van der Waals surface area (Å²) in [4.78, 5) is 11.4. The lowest BCUT2D eigenvalue weighted by atomic mass is 10.0. The molecule has 0 heterocycles. The second-order valence-electron chi connectivity index (χ2n) is 3.51. The first kappa shape index (κ1) is 14.8. The predicted octanol–water partition coefficient (Wildman–Crippen LogP) is 2.06. The highest BCUT2D eigenvalue weighted by Gasteiger charge is 2.25. The van der Waals surface area contributed by atoms with E-state index in [1.54, 1.807) is 0 Å². The molecule has 0 unspecified atom stereocenters. The largest absolute Gasteiger partial charge is 0.372 e. The Bertz CT molecular complexity index is 173. The van der Waals surface area contributed by atoms with Crippen molar-refractivity contribution in [3.63, 3.8) is 0 Å². The summed E-state index contributed by atoms with van der Waals surface area (Å²) < 4.78 is 5.22. The number of amides is 1. The maximum absolute atomic E-state index is 11.4. The van der Waals surface area contributed by atoms with Gasteiger partial charge in [-0.25, -0.2) is 0 Å². The van der Waals surface area contributed by atoms with Gasteiger partial charge in [0, 0.05) is 17.9 Å². The summed E-state index contributed by atoms with van der Waals surface area (Å²) in [5.41, 5.74) is 0. The summed E-state index contributed by atoms with van der Waals surface area (Å²) >= 11 is 1.83. The second-order valence-corrected chi connectivity index (χ2v) is 4.78. The normalized spacial score (nSPS) is 11.5. The van der Waals surface area contributed by atoms with Crippen LogP contribution in [-0.2, 0) is 9.53 Å². The van der Waals surface area contributed by atoms with E-state index in [1.165, 1.54) is 0 Å². The molecular weight excluding hydrogens is 210 g/mol. The van der Waals surface area contributed by atoms with E-state index in [4.69, 9.17) is 4.74 Å². The van der Waals surface area contributed by atoms with Crippen LogP contribution >= 0.6 is 11.8 Å². The Labute approximate surface area is 97.3 Å². The fourth-order valence-electron chi connectivity index (χ4n) is 1.37. The van der Waals surface area contributed by atoms with Crippen LogP contribution in [0.2, 0.25) is 0 Å². The Hall–Kier alpha value is -0.220. The van der Waals surface area contributed by atoms with Gasteiger partial charge < -0.3 is 10.1 Å². The van der Waals surface area contributed by atoms with Gasteiger partial charge in [-0.15, -0.1) is 0 Å². The predicted molar refractivity (Wildman–Crippen MR) is 66.3 cm³/mol. The number of nitrogens with one attached hydrogen (secondary N) is 1. The maximum Gasteiger partial charge on any atom is 0.246 e. The number of hydrogen-bond acceptors (Lipinski definition) is 3. The van der Waals surface area contributed by atoms with E-state index in [0.717, 1.165) is 19.4 Å². The van der Waals surface area contributed by atoms with Crippen molar-refractivity contribution >= 4 is 17.7 Å². The van der Waals surface area contributed by atoms with E-state index < -0.39 is 0 Å². The third kappa shape index (κ3) is 5.42. The number of thioether (sulfide) groups is 1. The Morgan fingerprint density at radius 2 is 1.93 bits per heavy atom. The van der Waals surface area contributed by atoms with E-state index in [1.807, 2.05) is 18.7 Å². The summed E-state index contributed by atoms with van der Waals surface area (Å²) in [5.74, 6) is -0.0165. The van der Waals surface area contributed by atoms with Crippen molar-refractivity contribution in [2.45, 2.75) is 38.4 Å². The average molecular weight is 233 g/mol. The summed E-state index contributed by atoms with van der Waals surface area (Å²) in [6.07, 6.45) is 4.24. The van der Waals surface area contributed by atoms with Crippen LogP contribution in [0.5, 0.6) is 0 Å². The number of ether oxygens (including phenoxy) is 1. The molecule has 3 nitrogen and oxygen atoms in total. The summed E-state index contributed by atoms with van der Waals surface area (Å²) in [7, 11) is 0. The highest BCUT2D eigenvalue weighted by molar-refractivity contribution is 8.00. The molecule has 1 amide bonds. The molecule has 90 valence electrons. The first-order valence-corrected chi connectivity index (χ1v) is 6.76. The van der Waals surface area contributed by atoms with Gasteiger partial charge in [-0.05, 0) is 26.0 Å². The molecule has 0 saturated heterocycles. The smallest absolute Gasteiger partial charge is 0.246 e. The van der Waals surface area contributed by atoms with Crippen LogP contribution in [-0.4, -0.2) is 36.7 Å². The van der Waals surface area contributed by atoms with Gasteiger partial charge in [-0.1, -0.05) is 13.8 Å². The quantitative estimate of drug-likeness (QED) is 0.697. The Balaban J connectivity index is 3.93. The second kappa shape index (κ2) is 7.99. The molecule has 0 aromatic rings. The molecule has 1 N–H and O–H groups in total. The maximum atomic E-state index is 11.4. The molecule has 0 aliphatic rings. The highest BCUT2D eigenvalue weighted by atomic mass is 32.2. The Morgan fingerprint density at radius 1 is 1.33 bits per heavy atom. The molecule has 0 aliphatic heterocycles. The van der Waals surface area contributed by atoms with Crippen LogP contribution in [0, 0.1) is 0 Å². The fraction of sp³-hybridized carbons (Fsp3) is 0.909. The monoisotopic (exact) mass is 233 g/mol. The highest BCUT2D eigenvalue weighted by Crippen LogP contribution is 2.29. The van der Waals surface area contributed by atoms with Gasteiger partial charge in [0.05, 0.1) is 0 Å². The third-order valence-electron chi connectivity index (χ3n) is 2.77. The summed E-state index contributed by atoms with van der Waals surface area (Å²) in [6, 6.07) is 0. The van der Waals surface area contributed by atoms with E-state index in [9.17, 15) is 4.79 Å². The van der Waals surface area contributed by atoms with E-state index in [0.29, 0.717) is 6.61 Å². The molecule has 0 saturated carbocycles. The number of hydrogen-bond donors (Lipinski definition) is 1. The lowest BCUT2D eigenvalue weighted by Gasteiger charge is -2.29. The van der Waals surface area contributed by atoms with Crippen molar-refractivity contribution in [3.05, 3.63) is 0 Å².